The molecule has 94 valence electrons. The molecule has 0 saturated heterocycles. The topological polar surface area (TPSA) is 52.0 Å². The monoisotopic (exact) mass is 242 g/mol. The predicted molar refractivity (Wildman–Crippen MR) is 71.2 cm³/mol. The number of aryl methyl sites for hydroxylation is 2. The van der Waals surface area contributed by atoms with E-state index in [-0.39, 0.29) is 6.04 Å². The second kappa shape index (κ2) is 4.58. The lowest BCUT2D eigenvalue weighted by atomic mass is 9.90. The first-order valence-corrected chi connectivity index (χ1v) is 6.57. The van der Waals surface area contributed by atoms with Crippen molar-refractivity contribution in [3.8, 4) is 11.3 Å². The minimum Gasteiger partial charge on any atom is -0.439 e. The zero-order valence-corrected chi connectivity index (χ0v) is 10.6. The largest absolute Gasteiger partial charge is 0.439 e. The number of oxazole rings is 1. The van der Waals surface area contributed by atoms with Gasteiger partial charge in [0.2, 0.25) is 5.89 Å². The molecule has 3 rings (SSSR count). The van der Waals surface area contributed by atoms with Crippen LogP contribution in [0.25, 0.3) is 11.3 Å². The molecule has 1 heterocycles. The Labute approximate surface area is 107 Å². The number of hydrogen-bond donors (Lipinski definition) is 1. The normalized spacial score (nSPS) is 16.3. The van der Waals surface area contributed by atoms with Crippen LogP contribution in [0.1, 0.15) is 42.8 Å². The Hall–Kier alpha value is -1.61. The smallest absolute Gasteiger partial charge is 0.211 e. The van der Waals surface area contributed by atoms with Crippen LogP contribution in [0, 0.1) is 0 Å². The molecule has 1 atom stereocenters. The van der Waals surface area contributed by atoms with Gasteiger partial charge in [-0.05, 0) is 49.8 Å². The first-order valence-electron chi connectivity index (χ1n) is 6.57. The van der Waals surface area contributed by atoms with Crippen LogP contribution in [0.4, 0.5) is 0 Å². The van der Waals surface area contributed by atoms with E-state index in [1.54, 1.807) is 6.20 Å². The van der Waals surface area contributed by atoms with Crippen molar-refractivity contribution >= 4 is 0 Å². The molecule has 0 aliphatic heterocycles. The molecule has 18 heavy (non-hydrogen) atoms. The van der Waals surface area contributed by atoms with E-state index < -0.39 is 0 Å². The van der Waals surface area contributed by atoms with Gasteiger partial charge in [-0.1, -0.05) is 12.1 Å². The summed E-state index contributed by atoms with van der Waals surface area (Å²) in [6, 6.07) is 6.42. The highest BCUT2D eigenvalue weighted by Gasteiger charge is 2.13. The summed E-state index contributed by atoms with van der Waals surface area (Å²) < 4.78 is 5.69. The predicted octanol–water partition coefficient (Wildman–Crippen LogP) is 3.24. The Morgan fingerprint density at radius 3 is 2.72 bits per heavy atom. The number of nitrogens with zero attached hydrogens (tertiary/aromatic N) is 1. The van der Waals surface area contributed by atoms with Crippen molar-refractivity contribution in [2.24, 2.45) is 5.73 Å². The van der Waals surface area contributed by atoms with Crippen LogP contribution < -0.4 is 5.73 Å². The van der Waals surface area contributed by atoms with E-state index in [4.69, 9.17) is 10.2 Å². The second-order valence-electron chi connectivity index (χ2n) is 5.04. The molecule has 3 heteroatoms. The summed E-state index contributed by atoms with van der Waals surface area (Å²) in [5.74, 6) is 1.42. The minimum absolute atomic E-state index is 0.156. The van der Waals surface area contributed by atoms with Gasteiger partial charge in [-0.2, -0.15) is 0 Å². The van der Waals surface area contributed by atoms with Crippen molar-refractivity contribution in [1.82, 2.24) is 4.98 Å². The summed E-state index contributed by atoms with van der Waals surface area (Å²) in [5, 5.41) is 0. The van der Waals surface area contributed by atoms with E-state index in [9.17, 15) is 0 Å². The average Bonchev–Trinajstić information content (AvgIpc) is 2.88. The van der Waals surface area contributed by atoms with Crippen LogP contribution in [-0.2, 0) is 12.8 Å². The Morgan fingerprint density at radius 1 is 1.22 bits per heavy atom. The number of nitrogens with two attached hydrogens (primary N) is 1. The SMILES string of the molecule is CC(N)c1ncc(-c2ccc3c(c2)CCCC3)o1. The second-order valence-corrected chi connectivity index (χ2v) is 5.04. The maximum Gasteiger partial charge on any atom is 0.211 e. The first-order chi connectivity index (χ1) is 8.74. The molecule has 0 spiro atoms. The Balaban J connectivity index is 1.95. The van der Waals surface area contributed by atoms with Crippen molar-refractivity contribution in [3.63, 3.8) is 0 Å². The fourth-order valence-corrected chi connectivity index (χ4v) is 2.52. The molecule has 0 bridgehead atoms. The maximum atomic E-state index is 5.76. The molecule has 3 nitrogen and oxygen atoms in total. The molecule has 1 aromatic carbocycles. The van der Waals surface area contributed by atoms with Gasteiger partial charge in [0.1, 0.15) is 0 Å². The van der Waals surface area contributed by atoms with Crippen molar-refractivity contribution < 1.29 is 4.42 Å². The average molecular weight is 242 g/mol. The molecule has 1 aliphatic rings. The van der Waals surface area contributed by atoms with Gasteiger partial charge in [-0.3, -0.25) is 0 Å². The molecule has 0 saturated carbocycles. The number of fused-ring (bicyclic) bond motifs is 1. The van der Waals surface area contributed by atoms with Crippen LogP contribution in [0.5, 0.6) is 0 Å². The van der Waals surface area contributed by atoms with Gasteiger partial charge in [-0.15, -0.1) is 0 Å². The summed E-state index contributed by atoms with van der Waals surface area (Å²) >= 11 is 0. The molecular formula is C15H18N2O. The van der Waals surface area contributed by atoms with Gasteiger partial charge in [0.15, 0.2) is 5.76 Å². The van der Waals surface area contributed by atoms with Crippen LogP contribution in [0.15, 0.2) is 28.8 Å². The lowest BCUT2D eigenvalue weighted by molar-refractivity contribution is 0.473. The lowest BCUT2D eigenvalue weighted by Crippen LogP contribution is -2.04. The molecule has 0 radical (unpaired) electrons. The van der Waals surface area contributed by atoms with Gasteiger partial charge in [0.05, 0.1) is 12.2 Å². The summed E-state index contributed by atoms with van der Waals surface area (Å²) in [6.45, 7) is 1.88. The highest BCUT2D eigenvalue weighted by atomic mass is 16.4. The van der Waals surface area contributed by atoms with Gasteiger partial charge in [-0.25, -0.2) is 4.98 Å². The summed E-state index contributed by atoms with van der Waals surface area (Å²) in [4.78, 5) is 4.21. The Morgan fingerprint density at radius 2 is 2.00 bits per heavy atom. The van der Waals surface area contributed by atoms with Gasteiger partial charge >= 0.3 is 0 Å². The van der Waals surface area contributed by atoms with Crippen LogP contribution in [0.3, 0.4) is 0 Å². The highest BCUT2D eigenvalue weighted by molar-refractivity contribution is 5.59. The third kappa shape index (κ3) is 2.06. The maximum absolute atomic E-state index is 5.76. The van der Waals surface area contributed by atoms with Gasteiger partial charge in [0.25, 0.3) is 0 Å². The van der Waals surface area contributed by atoms with Crippen molar-refractivity contribution in [3.05, 3.63) is 41.4 Å². The third-order valence-electron chi connectivity index (χ3n) is 3.55. The lowest BCUT2D eigenvalue weighted by Gasteiger charge is -2.15. The summed E-state index contributed by atoms with van der Waals surface area (Å²) in [7, 11) is 0. The quantitative estimate of drug-likeness (QED) is 0.879. The Kier molecular flexibility index (Phi) is 2.92. The van der Waals surface area contributed by atoms with Crippen molar-refractivity contribution in [2.45, 2.75) is 38.6 Å². The van der Waals surface area contributed by atoms with E-state index in [0.717, 1.165) is 11.3 Å². The minimum atomic E-state index is -0.156. The van der Waals surface area contributed by atoms with E-state index in [1.807, 2.05) is 6.92 Å². The summed E-state index contributed by atoms with van der Waals surface area (Å²) in [5.41, 5.74) is 9.81. The Bertz CT molecular complexity index is 557. The number of aromatic nitrogens is 1. The molecule has 1 aliphatic carbocycles. The first kappa shape index (κ1) is 11.5. The molecule has 1 aromatic heterocycles. The fraction of sp³-hybridized carbons (Fsp3) is 0.400. The van der Waals surface area contributed by atoms with E-state index in [1.165, 1.54) is 36.8 Å². The van der Waals surface area contributed by atoms with Crippen molar-refractivity contribution in [2.75, 3.05) is 0 Å². The van der Waals surface area contributed by atoms with E-state index in [0.29, 0.717) is 5.89 Å². The highest BCUT2D eigenvalue weighted by Crippen LogP contribution is 2.28. The van der Waals surface area contributed by atoms with Crippen LogP contribution >= 0.6 is 0 Å². The molecule has 2 N–H and O–H groups in total. The molecule has 0 fully saturated rings. The molecule has 0 amide bonds. The van der Waals surface area contributed by atoms with Gasteiger partial charge in [0, 0.05) is 5.56 Å². The zero-order chi connectivity index (χ0) is 12.5. The fourth-order valence-electron chi connectivity index (χ4n) is 2.52. The summed E-state index contributed by atoms with van der Waals surface area (Å²) in [6.07, 6.45) is 6.75. The standard InChI is InChI=1S/C15H18N2O/c1-10(16)15-17-9-14(18-15)13-7-6-11-4-2-3-5-12(11)8-13/h6-10H,2-5,16H2,1H3. The van der Waals surface area contributed by atoms with E-state index in [2.05, 4.69) is 23.2 Å². The van der Waals surface area contributed by atoms with Crippen LogP contribution in [-0.4, -0.2) is 4.98 Å². The third-order valence-corrected chi connectivity index (χ3v) is 3.55. The number of benzene rings is 1. The van der Waals surface area contributed by atoms with Gasteiger partial charge < -0.3 is 10.2 Å². The van der Waals surface area contributed by atoms with E-state index >= 15 is 0 Å². The number of rotatable bonds is 2. The molecule has 1 unspecified atom stereocenters. The van der Waals surface area contributed by atoms with Crippen molar-refractivity contribution in [1.29, 1.82) is 0 Å². The number of hydrogen-bond acceptors (Lipinski definition) is 3. The molecular weight excluding hydrogens is 224 g/mol. The zero-order valence-electron chi connectivity index (χ0n) is 10.6. The molecule has 2 aromatic rings. The van der Waals surface area contributed by atoms with Crippen LogP contribution in [0.2, 0.25) is 0 Å².